The van der Waals surface area contributed by atoms with E-state index >= 15 is 0 Å². The third-order valence-corrected chi connectivity index (χ3v) is 3.92. The van der Waals surface area contributed by atoms with Gasteiger partial charge in [0.15, 0.2) is 0 Å². The van der Waals surface area contributed by atoms with Crippen molar-refractivity contribution in [3.63, 3.8) is 0 Å². The summed E-state index contributed by atoms with van der Waals surface area (Å²) in [7, 11) is 0. The maximum absolute atomic E-state index is 3.57. The van der Waals surface area contributed by atoms with Crippen molar-refractivity contribution < 1.29 is 0 Å². The molecule has 2 heteroatoms. The number of hydrogen-bond donors (Lipinski definition) is 2. The quantitative estimate of drug-likeness (QED) is 0.636. The Bertz CT molecular complexity index is 667. The summed E-state index contributed by atoms with van der Waals surface area (Å²) in [5.74, 6) is 0. The molecule has 0 aliphatic heterocycles. The average Bonchev–Trinajstić information content (AvgIpc) is 2.71. The van der Waals surface area contributed by atoms with Gasteiger partial charge in [-0.3, -0.25) is 0 Å². The summed E-state index contributed by atoms with van der Waals surface area (Å²) in [5, 5.41) is 7.14. The number of fused-ring (bicyclic) bond motifs is 3. The summed E-state index contributed by atoms with van der Waals surface area (Å²) in [4.78, 5) is 0. The van der Waals surface area contributed by atoms with Crippen LogP contribution in [0, 0.1) is 0 Å². The molecular weight excluding hydrogens is 280 g/mol. The molecule has 0 saturated carbocycles. The highest BCUT2D eigenvalue weighted by Gasteiger charge is 2.20. The van der Waals surface area contributed by atoms with Crippen LogP contribution < -0.4 is 10.6 Å². The van der Waals surface area contributed by atoms with Crippen molar-refractivity contribution >= 4 is 11.4 Å². The van der Waals surface area contributed by atoms with Gasteiger partial charge in [-0.2, -0.15) is 0 Å². The Morgan fingerprint density at radius 3 is 1.39 bits per heavy atom. The van der Waals surface area contributed by atoms with Crippen molar-refractivity contribution in [3.8, 4) is 11.1 Å². The molecule has 2 aromatic carbocycles. The van der Waals surface area contributed by atoms with E-state index < -0.39 is 0 Å². The Morgan fingerprint density at radius 2 is 1.04 bits per heavy atom. The van der Waals surface area contributed by atoms with E-state index in [4.69, 9.17) is 0 Å². The maximum atomic E-state index is 3.57. The van der Waals surface area contributed by atoms with Crippen LogP contribution in [-0.2, 0) is 6.42 Å². The standard InChI is InChI=1S/C21H28N2/c1-20(2,3)22-16-7-9-18-14(12-16)11-15-13-17(8-10-19(15)18)23-21(4,5)6/h7-10,12-13,22-23H,11H2,1-6H3. The van der Waals surface area contributed by atoms with Gasteiger partial charge in [-0.25, -0.2) is 0 Å². The van der Waals surface area contributed by atoms with Gasteiger partial charge in [-0.15, -0.1) is 0 Å². The number of hydrogen-bond acceptors (Lipinski definition) is 2. The molecule has 3 rings (SSSR count). The SMILES string of the molecule is CC(C)(C)Nc1ccc2c(c1)Cc1cc(NC(C)(C)C)ccc1-2. The van der Waals surface area contributed by atoms with E-state index in [1.54, 1.807) is 0 Å². The summed E-state index contributed by atoms with van der Waals surface area (Å²) >= 11 is 0. The Morgan fingerprint density at radius 1 is 0.652 bits per heavy atom. The summed E-state index contributed by atoms with van der Waals surface area (Å²) in [6, 6.07) is 13.5. The zero-order valence-electron chi connectivity index (χ0n) is 15.2. The molecule has 0 unspecified atom stereocenters. The highest BCUT2D eigenvalue weighted by Crippen LogP contribution is 2.39. The first-order chi connectivity index (χ1) is 10.6. The Hall–Kier alpha value is -1.96. The second kappa shape index (κ2) is 5.30. The third kappa shape index (κ3) is 3.69. The first-order valence-electron chi connectivity index (χ1n) is 8.43. The molecular formula is C21H28N2. The first kappa shape index (κ1) is 15.9. The fraction of sp³-hybridized carbons (Fsp3) is 0.429. The largest absolute Gasteiger partial charge is 0.380 e. The lowest BCUT2D eigenvalue weighted by Crippen LogP contribution is -2.26. The molecule has 0 bridgehead atoms. The molecule has 0 atom stereocenters. The van der Waals surface area contributed by atoms with Crippen LogP contribution in [0.25, 0.3) is 11.1 Å². The summed E-state index contributed by atoms with van der Waals surface area (Å²) in [6.45, 7) is 13.2. The van der Waals surface area contributed by atoms with Crippen LogP contribution in [0.15, 0.2) is 36.4 Å². The van der Waals surface area contributed by atoms with Gasteiger partial charge in [0.25, 0.3) is 0 Å². The van der Waals surface area contributed by atoms with Gasteiger partial charge in [0.2, 0.25) is 0 Å². The molecule has 122 valence electrons. The van der Waals surface area contributed by atoms with Gasteiger partial charge in [0.1, 0.15) is 0 Å². The molecule has 2 aromatic rings. The minimum atomic E-state index is 0.0868. The minimum Gasteiger partial charge on any atom is -0.380 e. The second-order valence-corrected chi connectivity index (χ2v) is 8.67. The number of benzene rings is 2. The average molecular weight is 308 g/mol. The lowest BCUT2D eigenvalue weighted by atomic mass is 10.0. The predicted octanol–water partition coefficient (Wildman–Crippen LogP) is 5.68. The van der Waals surface area contributed by atoms with Crippen molar-refractivity contribution in [3.05, 3.63) is 47.5 Å². The Balaban J connectivity index is 1.88. The molecule has 0 saturated heterocycles. The first-order valence-corrected chi connectivity index (χ1v) is 8.43. The van der Waals surface area contributed by atoms with Crippen LogP contribution in [0.3, 0.4) is 0 Å². The predicted molar refractivity (Wildman–Crippen MR) is 101 cm³/mol. The Labute approximate surface area is 140 Å². The fourth-order valence-corrected chi connectivity index (χ4v) is 3.23. The molecule has 0 aromatic heterocycles. The van der Waals surface area contributed by atoms with Gasteiger partial charge in [0.05, 0.1) is 0 Å². The van der Waals surface area contributed by atoms with E-state index in [-0.39, 0.29) is 11.1 Å². The van der Waals surface area contributed by atoms with Crippen LogP contribution in [0.5, 0.6) is 0 Å². The van der Waals surface area contributed by atoms with Crippen molar-refractivity contribution in [2.24, 2.45) is 0 Å². The van der Waals surface area contributed by atoms with E-state index in [0.717, 1.165) is 6.42 Å². The Kier molecular flexibility index (Phi) is 3.66. The molecule has 1 aliphatic rings. The van der Waals surface area contributed by atoms with Crippen LogP contribution in [-0.4, -0.2) is 11.1 Å². The van der Waals surface area contributed by atoms with Gasteiger partial charge >= 0.3 is 0 Å². The number of rotatable bonds is 2. The van der Waals surface area contributed by atoms with Crippen LogP contribution >= 0.6 is 0 Å². The topological polar surface area (TPSA) is 24.1 Å². The van der Waals surface area contributed by atoms with Crippen LogP contribution in [0.2, 0.25) is 0 Å². The summed E-state index contributed by atoms with van der Waals surface area (Å²) in [6.07, 6.45) is 1.02. The monoisotopic (exact) mass is 308 g/mol. The van der Waals surface area contributed by atoms with Crippen molar-refractivity contribution in [1.29, 1.82) is 0 Å². The molecule has 0 spiro atoms. The zero-order valence-corrected chi connectivity index (χ0v) is 15.2. The van der Waals surface area contributed by atoms with Crippen LogP contribution in [0.4, 0.5) is 11.4 Å². The lowest BCUT2D eigenvalue weighted by molar-refractivity contribution is 0.633. The molecule has 0 radical (unpaired) electrons. The van der Waals surface area contributed by atoms with Gasteiger partial charge in [0, 0.05) is 22.5 Å². The molecule has 0 heterocycles. The van der Waals surface area contributed by atoms with E-state index in [1.807, 2.05) is 0 Å². The number of anilines is 2. The molecule has 1 aliphatic carbocycles. The number of nitrogens with one attached hydrogen (secondary N) is 2. The van der Waals surface area contributed by atoms with Crippen molar-refractivity contribution in [2.75, 3.05) is 10.6 Å². The molecule has 2 N–H and O–H groups in total. The van der Waals surface area contributed by atoms with Gasteiger partial charge < -0.3 is 10.6 Å². The normalized spacial score (nSPS) is 13.5. The van der Waals surface area contributed by atoms with Crippen molar-refractivity contribution in [1.82, 2.24) is 0 Å². The van der Waals surface area contributed by atoms with Crippen LogP contribution in [0.1, 0.15) is 52.7 Å². The lowest BCUT2D eigenvalue weighted by Gasteiger charge is -2.22. The van der Waals surface area contributed by atoms with Gasteiger partial charge in [-0.05, 0) is 94.5 Å². The van der Waals surface area contributed by atoms with Crippen molar-refractivity contribution in [2.45, 2.75) is 59.0 Å². The fourth-order valence-electron chi connectivity index (χ4n) is 3.23. The highest BCUT2D eigenvalue weighted by molar-refractivity contribution is 5.80. The molecule has 0 amide bonds. The highest BCUT2D eigenvalue weighted by atomic mass is 15.0. The molecule has 0 fully saturated rings. The third-order valence-electron chi connectivity index (χ3n) is 3.92. The maximum Gasteiger partial charge on any atom is 0.0347 e. The molecule has 23 heavy (non-hydrogen) atoms. The summed E-state index contributed by atoms with van der Waals surface area (Å²) < 4.78 is 0. The zero-order chi connectivity index (χ0) is 16.8. The smallest absolute Gasteiger partial charge is 0.0347 e. The van der Waals surface area contributed by atoms with E-state index in [1.165, 1.54) is 33.6 Å². The second-order valence-electron chi connectivity index (χ2n) is 8.67. The van der Waals surface area contributed by atoms with Gasteiger partial charge in [-0.1, -0.05) is 12.1 Å². The molecule has 2 nitrogen and oxygen atoms in total. The summed E-state index contributed by atoms with van der Waals surface area (Å²) in [5.41, 5.74) is 8.18. The van der Waals surface area contributed by atoms with E-state index in [2.05, 4.69) is 88.6 Å². The van der Waals surface area contributed by atoms with E-state index in [0.29, 0.717) is 0 Å². The minimum absolute atomic E-state index is 0.0868. The van der Waals surface area contributed by atoms with E-state index in [9.17, 15) is 0 Å².